The highest BCUT2D eigenvalue weighted by Crippen LogP contribution is 2.46. The predicted molar refractivity (Wildman–Crippen MR) is 170 cm³/mol. The highest BCUT2D eigenvalue weighted by atomic mass is 35.5. The predicted octanol–water partition coefficient (Wildman–Crippen LogP) is 7.00. The number of thiophene rings is 1. The van der Waals surface area contributed by atoms with Gasteiger partial charge in [-0.2, -0.15) is 15.2 Å². The Hall–Kier alpha value is -3.63. The van der Waals surface area contributed by atoms with Crippen LogP contribution in [0.3, 0.4) is 0 Å². The zero-order chi connectivity index (χ0) is 31.3. The van der Waals surface area contributed by atoms with Crippen LogP contribution < -0.4 is 15.8 Å². The summed E-state index contributed by atoms with van der Waals surface area (Å²) in [5.41, 5.74) is 5.75. The molecule has 234 valence electrons. The normalized spacial score (nSPS) is 22.6. The molecule has 4 aromatic rings. The smallest absolute Gasteiger partial charge is 0.319 e. The molecule has 2 saturated heterocycles. The number of anilines is 2. The van der Waals surface area contributed by atoms with E-state index in [9.17, 15) is 14.0 Å². The fourth-order valence-electron chi connectivity index (χ4n) is 6.66. The number of nitrogens with zero attached hydrogens (tertiary/aromatic N) is 4. The van der Waals surface area contributed by atoms with E-state index in [1.54, 1.807) is 6.07 Å². The van der Waals surface area contributed by atoms with Crippen molar-refractivity contribution in [3.05, 3.63) is 52.6 Å². The third kappa shape index (κ3) is 5.35. The lowest BCUT2D eigenvalue weighted by Gasteiger charge is -2.30. The van der Waals surface area contributed by atoms with Crippen molar-refractivity contribution in [2.24, 2.45) is 0 Å². The van der Waals surface area contributed by atoms with E-state index in [4.69, 9.17) is 26.8 Å². The number of hydrogen-bond donors (Lipinski definition) is 2. The topological polar surface area (TPSA) is 109 Å². The molecule has 0 spiro atoms. The van der Waals surface area contributed by atoms with Crippen LogP contribution in [0.2, 0.25) is 5.02 Å². The minimum Gasteiger partial charge on any atom is -0.461 e. The molecule has 2 aromatic carbocycles. The van der Waals surface area contributed by atoms with Gasteiger partial charge in [0.15, 0.2) is 5.82 Å². The lowest BCUT2D eigenvalue weighted by atomic mass is 9.95. The Morgan fingerprint density at radius 2 is 2.13 bits per heavy atom. The average Bonchev–Trinajstić information content (AvgIpc) is 3.63. The van der Waals surface area contributed by atoms with E-state index in [0.29, 0.717) is 43.7 Å². The highest BCUT2D eigenvalue weighted by molar-refractivity contribution is 7.23. The zero-order valence-corrected chi connectivity index (χ0v) is 25.8. The third-order valence-corrected chi connectivity index (χ3v) is 10.3. The van der Waals surface area contributed by atoms with E-state index in [1.165, 1.54) is 12.1 Å². The number of rotatable bonds is 10. The number of ether oxygens (including phenoxy) is 2. The minimum absolute atomic E-state index is 0.0300. The maximum atomic E-state index is 16.7. The molecule has 2 aliphatic heterocycles. The van der Waals surface area contributed by atoms with Crippen LogP contribution in [-0.4, -0.2) is 65.5 Å². The van der Waals surface area contributed by atoms with E-state index in [2.05, 4.69) is 26.3 Å². The second-order valence-electron chi connectivity index (χ2n) is 11.8. The van der Waals surface area contributed by atoms with E-state index in [1.807, 2.05) is 12.1 Å². The van der Waals surface area contributed by atoms with Crippen molar-refractivity contribution < 1.29 is 22.6 Å². The van der Waals surface area contributed by atoms with Gasteiger partial charge in [0.25, 0.3) is 0 Å². The largest absolute Gasteiger partial charge is 0.461 e. The quantitative estimate of drug-likeness (QED) is 0.139. The average molecular weight is 655 g/mol. The number of halogens is 4. The number of alkyl halides is 1. The summed E-state index contributed by atoms with van der Waals surface area (Å²) in [5, 5.41) is 13.7. The molecule has 0 radical (unpaired) electrons. The Balaban J connectivity index is 1.28. The van der Waals surface area contributed by atoms with Crippen LogP contribution in [0, 0.1) is 23.0 Å². The maximum absolute atomic E-state index is 16.7. The molecule has 2 fully saturated rings. The van der Waals surface area contributed by atoms with Gasteiger partial charge in [0.2, 0.25) is 0 Å². The molecule has 2 aromatic heterocycles. The Morgan fingerprint density at radius 3 is 2.91 bits per heavy atom. The Bertz CT molecular complexity index is 1880. The fourth-order valence-corrected chi connectivity index (χ4v) is 7.91. The Labute approximate surface area is 266 Å². The first-order chi connectivity index (χ1) is 21.8. The van der Waals surface area contributed by atoms with E-state index in [0.717, 1.165) is 37.1 Å². The van der Waals surface area contributed by atoms with Crippen LogP contribution in [-0.2, 0) is 4.74 Å². The van der Waals surface area contributed by atoms with Crippen molar-refractivity contribution in [2.45, 2.75) is 49.9 Å². The summed E-state index contributed by atoms with van der Waals surface area (Å²) in [6, 6.07) is 6.09. The monoisotopic (exact) mass is 654 g/mol. The van der Waals surface area contributed by atoms with Crippen molar-refractivity contribution in [1.82, 2.24) is 14.9 Å². The Kier molecular flexibility index (Phi) is 7.98. The van der Waals surface area contributed by atoms with Gasteiger partial charge >= 0.3 is 6.01 Å². The zero-order valence-electron chi connectivity index (χ0n) is 24.2. The number of aromatic nitrogens is 2. The van der Waals surface area contributed by atoms with Gasteiger partial charge in [-0.15, -0.1) is 11.3 Å². The van der Waals surface area contributed by atoms with E-state index in [-0.39, 0.29) is 61.0 Å². The molecule has 0 bridgehead atoms. The molecule has 1 aliphatic carbocycles. The number of benzene rings is 2. The van der Waals surface area contributed by atoms with Crippen molar-refractivity contribution in [2.75, 3.05) is 43.9 Å². The molecule has 3 N–H and O–H groups in total. The van der Waals surface area contributed by atoms with Crippen molar-refractivity contribution in [1.29, 1.82) is 5.26 Å². The second-order valence-corrected chi connectivity index (χ2v) is 13.2. The summed E-state index contributed by atoms with van der Waals surface area (Å²) in [6.07, 6.45) is 6.95. The second kappa shape index (κ2) is 11.9. The highest BCUT2D eigenvalue weighted by Gasteiger charge is 2.49. The van der Waals surface area contributed by atoms with Gasteiger partial charge in [0.1, 0.15) is 41.0 Å². The molecule has 3 atom stereocenters. The molecule has 4 heterocycles. The lowest BCUT2D eigenvalue weighted by molar-refractivity contribution is 0.0766. The summed E-state index contributed by atoms with van der Waals surface area (Å²) >= 11 is 7.65. The van der Waals surface area contributed by atoms with E-state index < -0.39 is 23.3 Å². The molecule has 8 nitrogen and oxygen atoms in total. The molecule has 13 heteroatoms. The van der Waals surface area contributed by atoms with Crippen molar-refractivity contribution >= 4 is 54.7 Å². The number of nitriles is 1. The summed E-state index contributed by atoms with van der Waals surface area (Å²) in [4.78, 5) is 11.2. The first-order valence-corrected chi connectivity index (χ1v) is 16.1. The molecular formula is C32H30ClF3N6O2S. The van der Waals surface area contributed by atoms with Gasteiger partial charge < -0.3 is 20.5 Å². The first-order valence-electron chi connectivity index (χ1n) is 14.9. The summed E-state index contributed by atoms with van der Waals surface area (Å²) < 4.78 is 57.9. The Morgan fingerprint density at radius 1 is 1.29 bits per heavy atom. The molecule has 3 aliphatic rings. The minimum atomic E-state index is -0.930. The van der Waals surface area contributed by atoms with Crippen LogP contribution in [0.5, 0.6) is 6.01 Å². The van der Waals surface area contributed by atoms with Crippen molar-refractivity contribution in [3.8, 4) is 23.2 Å². The molecular weight excluding hydrogens is 625 g/mol. The molecule has 45 heavy (non-hydrogen) atoms. The van der Waals surface area contributed by atoms with Crippen LogP contribution in [0.25, 0.3) is 32.1 Å². The standard InChI is InChI=1S/C32H30ClF3N6O2S/c33-22-12-20-27(26(36)25(22)19-6-7-23(35)28-24(19)21(14-37)29(38)45-28)40-31(41-30(20)39-9-3-11-43-18-4-1-5-18)44-16-32-8-2-10-42(32)15-17(34)13-32/h1,4,6-7,12,17-18H,2-3,5,8-11,13,15-16,38H2,(H,39,40,41)/t17-,18?,32+/m1/s1. The number of nitrogens with one attached hydrogen (secondary N) is 1. The van der Waals surface area contributed by atoms with Gasteiger partial charge in [-0.3, -0.25) is 4.90 Å². The molecule has 7 rings (SSSR count). The van der Waals surface area contributed by atoms with Crippen LogP contribution in [0.15, 0.2) is 30.4 Å². The van der Waals surface area contributed by atoms with E-state index >= 15 is 4.39 Å². The van der Waals surface area contributed by atoms with Gasteiger partial charge in [-0.25, -0.2) is 13.2 Å². The third-order valence-electron chi connectivity index (χ3n) is 8.96. The summed E-state index contributed by atoms with van der Waals surface area (Å²) in [6.45, 7) is 2.34. The summed E-state index contributed by atoms with van der Waals surface area (Å²) in [5.74, 6) is -1.03. The van der Waals surface area contributed by atoms with Crippen LogP contribution in [0.4, 0.5) is 24.0 Å². The number of nitrogens with two attached hydrogens (primary N) is 1. The SMILES string of the molecule is N#Cc1c(N)sc2c(F)ccc(-c3c(Cl)cc4c(NCCCOC5C=CC5)nc(OC[C@@]56CCCN5C[C@H](F)C6)nc4c3F)c12. The first kappa shape index (κ1) is 30.0. The molecule has 0 amide bonds. The van der Waals surface area contributed by atoms with Crippen LogP contribution >= 0.6 is 22.9 Å². The van der Waals surface area contributed by atoms with Crippen molar-refractivity contribution in [3.63, 3.8) is 0 Å². The van der Waals surface area contributed by atoms with Crippen LogP contribution in [0.1, 0.15) is 37.7 Å². The fraction of sp³-hybridized carbons (Fsp3) is 0.406. The molecule has 1 unspecified atom stereocenters. The number of hydrogen-bond acceptors (Lipinski definition) is 9. The van der Waals surface area contributed by atoms with Gasteiger partial charge in [-0.05, 0) is 49.9 Å². The molecule has 0 saturated carbocycles. The van der Waals surface area contributed by atoms with Gasteiger partial charge in [0, 0.05) is 42.5 Å². The number of fused-ring (bicyclic) bond motifs is 3. The number of nitrogen functional groups attached to an aromatic ring is 1. The summed E-state index contributed by atoms with van der Waals surface area (Å²) in [7, 11) is 0. The van der Waals surface area contributed by atoms with Gasteiger partial charge in [-0.1, -0.05) is 29.8 Å². The maximum Gasteiger partial charge on any atom is 0.319 e. The lowest BCUT2D eigenvalue weighted by Crippen LogP contribution is -2.43. The van der Waals surface area contributed by atoms with Gasteiger partial charge in [0.05, 0.1) is 26.9 Å².